The number of nitrogens with two attached hydrogens (primary N) is 1. The Morgan fingerprint density at radius 1 is 1.29 bits per heavy atom. The minimum absolute atomic E-state index is 0.529. The van der Waals surface area contributed by atoms with Gasteiger partial charge in [-0.3, -0.25) is 4.79 Å². The summed E-state index contributed by atoms with van der Waals surface area (Å²) >= 11 is 0. The molecule has 1 aromatic carbocycles. The fourth-order valence-corrected chi connectivity index (χ4v) is 1.72. The number of aryl methyl sites for hydroxylation is 1. The van der Waals surface area contributed by atoms with Crippen molar-refractivity contribution in [3.05, 3.63) is 35.4 Å². The highest BCUT2D eigenvalue weighted by Crippen LogP contribution is 2.15. The number of carbonyl (C=O) groups is 1. The topological polar surface area (TPSA) is 63.3 Å². The average Bonchev–Trinajstić information content (AvgIpc) is 2.29. The normalized spacial score (nSPS) is 12.7. The molecular weight excluding hydrogens is 214 g/mol. The van der Waals surface area contributed by atoms with Crippen LogP contribution in [0.4, 0.5) is 0 Å². The van der Waals surface area contributed by atoms with Crippen molar-refractivity contribution in [2.75, 3.05) is 0 Å². The third-order valence-electron chi connectivity index (χ3n) is 2.94. The fourth-order valence-electron chi connectivity index (χ4n) is 1.72. The summed E-state index contributed by atoms with van der Waals surface area (Å²) in [7, 11) is 0. The Labute approximate surface area is 103 Å². The summed E-state index contributed by atoms with van der Waals surface area (Å²) in [6, 6.07) is 7.77. The molecule has 0 aliphatic rings. The molecule has 0 spiro atoms. The van der Waals surface area contributed by atoms with Crippen LogP contribution in [0.15, 0.2) is 24.3 Å². The molecule has 0 saturated carbocycles. The summed E-state index contributed by atoms with van der Waals surface area (Å²) in [6.07, 6.45) is 2.23. The average molecular weight is 235 g/mol. The summed E-state index contributed by atoms with van der Waals surface area (Å²) in [4.78, 5) is 10.5. The van der Waals surface area contributed by atoms with Crippen molar-refractivity contribution in [3.8, 4) is 0 Å². The molecule has 0 aliphatic heterocycles. The van der Waals surface area contributed by atoms with Crippen LogP contribution in [-0.4, -0.2) is 17.1 Å². The summed E-state index contributed by atoms with van der Waals surface area (Å²) in [6.45, 7) is 4.34. The highest BCUT2D eigenvalue weighted by Gasteiger charge is 2.10. The van der Waals surface area contributed by atoms with E-state index >= 15 is 0 Å². The van der Waals surface area contributed by atoms with E-state index in [2.05, 4.69) is 38.1 Å². The summed E-state index contributed by atoms with van der Waals surface area (Å²) < 4.78 is 0. The zero-order chi connectivity index (χ0) is 12.8. The van der Waals surface area contributed by atoms with E-state index in [1.807, 2.05) is 0 Å². The molecule has 17 heavy (non-hydrogen) atoms. The maximum absolute atomic E-state index is 10.5. The molecule has 1 atom stereocenters. The quantitative estimate of drug-likeness (QED) is 0.796. The second-order valence-electron chi connectivity index (χ2n) is 4.73. The van der Waals surface area contributed by atoms with Crippen molar-refractivity contribution in [2.45, 2.75) is 45.1 Å². The van der Waals surface area contributed by atoms with Gasteiger partial charge in [0.25, 0.3) is 0 Å². The lowest BCUT2D eigenvalue weighted by atomic mass is 9.99. The molecule has 1 aromatic rings. The molecule has 1 rings (SSSR count). The van der Waals surface area contributed by atoms with E-state index in [4.69, 9.17) is 10.8 Å². The van der Waals surface area contributed by atoms with Crippen molar-refractivity contribution < 1.29 is 9.90 Å². The highest BCUT2D eigenvalue weighted by molar-refractivity contribution is 5.72. The predicted molar refractivity (Wildman–Crippen MR) is 69.1 cm³/mol. The Kier molecular flexibility index (Phi) is 5.16. The zero-order valence-corrected chi connectivity index (χ0v) is 10.5. The third kappa shape index (κ3) is 4.57. The van der Waals surface area contributed by atoms with Gasteiger partial charge in [0.15, 0.2) is 0 Å². The summed E-state index contributed by atoms with van der Waals surface area (Å²) in [5.74, 6) is -0.371. The molecule has 0 radical (unpaired) electrons. The summed E-state index contributed by atoms with van der Waals surface area (Å²) in [5, 5.41) is 8.65. The number of hydrogen-bond donors (Lipinski definition) is 2. The molecule has 3 N–H and O–H groups in total. The van der Waals surface area contributed by atoms with Crippen LogP contribution in [0.25, 0.3) is 0 Å². The second kappa shape index (κ2) is 6.40. The smallest absolute Gasteiger partial charge is 0.320 e. The van der Waals surface area contributed by atoms with Crippen LogP contribution >= 0.6 is 0 Å². The lowest BCUT2D eigenvalue weighted by Gasteiger charge is -2.08. The van der Waals surface area contributed by atoms with Crippen LogP contribution in [0.1, 0.15) is 43.7 Å². The SMILES string of the molecule is CC(C)c1ccc(CCCC(N)C(=O)O)cc1. The van der Waals surface area contributed by atoms with Gasteiger partial charge in [-0.05, 0) is 36.3 Å². The zero-order valence-electron chi connectivity index (χ0n) is 10.5. The molecule has 0 aliphatic carbocycles. The maximum atomic E-state index is 10.5. The minimum Gasteiger partial charge on any atom is -0.480 e. The van der Waals surface area contributed by atoms with Crippen molar-refractivity contribution in [1.29, 1.82) is 0 Å². The van der Waals surface area contributed by atoms with E-state index in [0.717, 1.165) is 12.8 Å². The molecule has 0 heterocycles. The van der Waals surface area contributed by atoms with Gasteiger partial charge in [-0.1, -0.05) is 38.1 Å². The van der Waals surface area contributed by atoms with Crippen LogP contribution in [0.3, 0.4) is 0 Å². The van der Waals surface area contributed by atoms with Crippen molar-refractivity contribution in [2.24, 2.45) is 5.73 Å². The highest BCUT2D eigenvalue weighted by atomic mass is 16.4. The first-order valence-electron chi connectivity index (χ1n) is 6.08. The number of hydrogen-bond acceptors (Lipinski definition) is 2. The first-order valence-corrected chi connectivity index (χ1v) is 6.08. The van der Waals surface area contributed by atoms with Crippen LogP contribution in [0.2, 0.25) is 0 Å². The van der Waals surface area contributed by atoms with Crippen LogP contribution in [0, 0.1) is 0 Å². The van der Waals surface area contributed by atoms with Crippen molar-refractivity contribution >= 4 is 5.97 Å². The molecule has 0 amide bonds. The molecule has 0 aromatic heterocycles. The van der Waals surface area contributed by atoms with Gasteiger partial charge in [-0.25, -0.2) is 0 Å². The van der Waals surface area contributed by atoms with E-state index in [-0.39, 0.29) is 0 Å². The molecule has 0 fully saturated rings. The van der Waals surface area contributed by atoms with Crippen molar-refractivity contribution in [1.82, 2.24) is 0 Å². The number of aliphatic carboxylic acids is 1. The number of carboxylic acids is 1. The third-order valence-corrected chi connectivity index (χ3v) is 2.94. The summed E-state index contributed by atoms with van der Waals surface area (Å²) in [5.41, 5.74) is 8.02. The predicted octanol–water partition coefficient (Wildman–Crippen LogP) is 2.54. The van der Waals surface area contributed by atoms with Gasteiger partial charge >= 0.3 is 5.97 Å². The van der Waals surface area contributed by atoms with Gasteiger partial charge in [0, 0.05) is 0 Å². The Morgan fingerprint density at radius 2 is 1.88 bits per heavy atom. The lowest BCUT2D eigenvalue weighted by Crippen LogP contribution is -2.29. The maximum Gasteiger partial charge on any atom is 0.320 e. The minimum atomic E-state index is -0.917. The lowest BCUT2D eigenvalue weighted by molar-refractivity contribution is -0.138. The van der Waals surface area contributed by atoms with E-state index in [0.29, 0.717) is 12.3 Å². The molecular formula is C14H21NO2. The molecule has 0 saturated heterocycles. The van der Waals surface area contributed by atoms with Gasteiger partial charge in [-0.2, -0.15) is 0 Å². The Bertz CT molecular complexity index is 357. The van der Waals surface area contributed by atoms with Crippen LogP contribution < -0.4 is 5.73 Å². The molecule has 3 heteroatoms. The Balaban J connectivity index is 2.40. The van der Waals surface area contributed by atoms with Gasteiger partial charge in [-0.15, -0.1) is 0 Å². The van der Waals surface area contributed by atoms with Gasteiger partial charge < -0.3 is 10.8 Å². The number of benzene rings is 1. The molecule has 1 unspecified atom stereocenters. The van der Waals surface area contributed by atoms with Gasteiger partial charge in [0.2, 0.25) is 0 Å². The van der Waals surface area contributed by atoms with E-state index in [9.17, 15) is 4.79 Å². The van der Waals surface area contributed by atoms with Crippen LogP contribution in [-0.2, 0) is 11.2 Å². The standard InChI is InChI=1S/C14H21NO2/c1-10(2)12-8-6-11(7-9-12)4-3-5-13(15)14(16)17/h6-10,13H,3-5,15H2,1-2H3,(H,16,17). The van der Waals surface area contributed by atoms with E-state index in [1.54, 1.807) is 0 Å². The largest absolute Gasteiger partial charge is 0.480 e. The number of carboxylic acid groups (broad SMARTS) is 1. The van der Waals surface area contributed by atoms with E-state index < -0.39 is 12.0 Å². The first kappa shape index (κ1) is 13.7. The van der Waals surface area contributed by atoms with Gasteiger partial charge in [0.05, 0.1) is 0 Å². The van der Waals surface area contributed by atoms with E-state index in [1.165, 1.54) is 11.1 Å². The molecule has 94 valence electrons. The van der Waals surface area contributed by atoms with Gasteiger partial charge in [0.1, 0.15) is 6.04 Å². The monoisotopic (exact) mass is 235 g/mol. The van der Waals surface area contributed by atoms with Crippen molar-refractivity contribution in [3.63, 3.8) is 0 Å². The number of rotatable bonds is 6. The molecule has 3 nitrogen and oxygen atoms in total. The molecule has 0 bridgehead atoms. The second-order valence-corrected chi connectivity index (χ2v) is 4.73. The Morgan fingerprint density at radius 3 is 2.35 bits per heavy atom. The Hall–Kier alpha value is -1.35. The first-order chi connectivity index (χ1) is 8.00. The fraction of sp³-hybridized carbons (Fsp3) is 0.500. The van der Waals surface area contributed by atoms with Crippen LogP contribution in [0.5, 0.6) is 0 Å².